The average Bonchev–Trinajstić information content (AvgIpc) is 3.23. The summed E-state index contributed by atoms with van der Waals surface area (Å²) >= 11 is 1.73. The van der Waals surface area contributed by atoms with Gasteiger partial charge in [0.2, 0.25) is 5.91 Å². The van der Waals surface area contributed by atoms with E-state index in [1.807, 2.05) is 35.2 Å². The number of hydrogen-bond donors (Lipinski definition) is 1. The van der Waals surface area contributed by atoms with Crippen LogP contribution in [0.4, 0.5) is 5.69 Å². The predicted octanol–water partition coefficient (Wildman–Crippen LogP) is 3.53. The molecule has 0 spiro atoms. The normalized spacial score (nSPS) is 17.5. The van der Waals surface area contributed by atoms with Crippen LogP contribution in [-0.2, 0) is 4.79 Å². The van der Waals surface area contributed by atoms with E-state index in [-0.39, 0.29) is 11.9 Å². The van der Waals surface area contributed by atoms with Gasteiger partial charge in [-0.05, 0) is 36.4 Å². The number of benzene rings is 1. The van der Waals surface area contributed by atoms with E-state index >= 15 is 0 Å². The van der Waals surface area contributed by atoms with Crippen molar-refractivity contribution in [2.24, 2.45) is 0 Å². The number of carbonyl (C=O) groups excluding carboxylic acids is 1. The van der Waals surface area contributed by atoms with Crippen LogP contribution in [0.3, 0.4) is 0 Å². The molecule has 1 aliphatic rings. The molecule has 1 aromatic carbocycles. The molecule has 1 N–H and O–H groups in total. The number of rotatable bonds is 5. The van der Waals surface area contributed by atoms with Crippen molar-refractivity contribution in [3.63, 3.8) is 0 Å². The van der Waals surface area contributed by atoms with Crippen LogP contribution in [-0.4, -0.2) is 31.0 Å². The Bertz CT molecular complexity index is 627. The van der Waals surface area contributed by atoms with Crippen LogP contribution in [0.15, 0.2) is 41.8 Å². The number of likely N-dealkylation sites (tertiary alicyclic amines) is 1. The lowest BCUT2D eigenvalue weighted by Gasteiger charge is -2.24. The van der Waals surface area contributed by atoms with E-state index in [0.717, 1.165) is 30.8 Å². The van der Waals surface area contributed by atoms with Crippen LogP contribution in [0.2, 0.25) is 0 Å². The first-order valence-corrected chi connectivity index (χ1v) is 8.37. The molecule has 1 amide bonds. The predicted molar refractivity (Wildman–Crippen MR) is 89.5 cm³/mol. The third-order valence-electron chi connectivity index (χ3n) is 3.98. The van der Waals surface area contributed by atoms with Gasteiger partial charge in [0.15, 0.2) is 0 Å². The zero-order chi connectivity index (χ0) is 15.4. The van der Waals surface area contributed by atoms with Gasteiger partial charge in [-0.1, -0.05) is 18.2 Å². The van der Waals surface area contributed by atoms with Gasteiger partial charge in [0.25, 0.3) is 0 Å². The van der Waals surface area contributed by atoms with Crippen LogP contribution >= 0.6 is 11.3 Å². The van der Waals surface area contributed by atoms with E-state index in [9.17, 15) is 4.79 Å². The number of amides is 1. The van der Waals surface area contributed by atoms with Gasteiger partial charge in [0.1, 0.15) is 5.75 Å². The number of carbonyl (C=O) groups is 1. The molecule has 3 rings (SSSR count). The molecule has 1 atom stereocenters. The zero-order valence-corrected chi connectivity index (χ0v) is 13.4. The lowest BCUT2D eigenvalue weighted by Crippen LogP contribution is -2.34. The third-order valence-corrected chi connectivity index (χ3v) is 4.96. The molecule has 1 unspecified atom stereocenters. The first-order chi connectivity index (χ1) is 10.8. The molecule has 116 valence electrons. The smallest absolute Gasteiger partial charge is 0.242 e. The van der Waals surface area contributed by atoms with Gasteiger partial charge in [-0.2, -0.15) is 0 Å². The Morgan fingerprint density at radius 2 is 2.23 bits per heavy atom. The summed E-state index contributed by atoms with van der Waals surface area (Å²) in [5, 5.41) is 5.27. The largest absolute Gasteiger partial charge is 0.495 e. The second-order valence-corrected chi connectivity index (χ2v) is 6.29. The summed E-state index contributed by atoms with van der Waals surface area (Å²) in [6.07, 6.45) is 2.13. The van der Waals surface area contributed by atoms with Crippen LogP contribution in [0.1, 0.15) is 23.8 Å². The number of hydrogen-bond acceptors (Lipinski definition) is 4. The van der Waals surface area contributed by atoms with Crippen molar-refractivity contribution in [1.82, 2.24) is 4.90 Å². The van der Waals surface area contributed by atoms with Crippen LogP contribution in [0.5, 0.6) is 5.75 Å². The molecule has 1 fully saturated rings. The maximum atomic E-state index is 12.6. The van der Waals surface area contributed by atoms with Gasteiger partial charge in [-0.25, -0.2) is 0 Å². The Labute approximate surface area is 134 Å². The number of nitrogens with one attached hydrogen (secondary N) is 1. The minimum Gasteiger partial charge on any atom is -0.495 e. The van der Waals surface area contributed by atoms with Gasteiger partial charge in [-0.3, -0.25) is 4.79 Å². The molecule has 22 heavy (non-hydrogen) atoms. The number of thiophene rings is 1. The Balaban J connectivity index is 1.64. The summed E-state index contributed by atoms with van der Waals surface area (Å²) in [7, 11) is 1.63. The highest BCUT2D eigenvalue weighted by atomic mass is 32.1. The maximum Gasteiger partial charge on any atom is 0.242 e. The SMILES string of the molecule is COc1ccccc1NCC(=O)N1CCCC1c1cccs1. The van der Waals surface area contributed by atoms with Crippen molar-refractivity contribution >= 4 is 22.9 Å². The molecule has 0 bridgehead atoms. The van der Waals surface area contributed by atoms with Crippen molar-refractivity contribution in [2.75, 3.05) is 25.5 Å². The van der Waals surface area contributed by atoms with Crippen molar-refractivity contribution in [3.05, 3.63) is 46.7 Å². The van der Waals surface area contributed by atoms with E-state index < -0.39 is 0 Å². The molecular weight excluding hydrogens is 296 g/mol. The molecule has 2 aromatic rings. The molecule has 5 heteroatoms. The second-order valence-electron chi connectivity index (χ2n) is 5.31. The number of para-hydroxylation sites is 2. The molecule has 0 aliphatic carbocycles. The van der Waals surface area contributed by atoms with Gasteiger partial charge in [0, 0.05) is 11.4 Å². The minimum absolute atomic E-state index is 0.141. The van der Waals surface area contributed by atoms with Crippen molar-refractivity contribution in [3.8, 4) is 5.75 Å². The van der Waals surface area contributed by atoms with E-state index in [4.69, 9.17) is 4.74 Å². The average molecular weight is 316 g/mol. The second kappa shape index (κ2) is 6.83. The third kappa shape index (κ3) is 3.09. The standard InChI is InChI=1S/C17H20N2O2S/c1-21-15-8-3-2-6-13(15)18-12-17(20)19-10-4-7-14(19)16-9-5-11-22-16/h2-3,5-6,8-9,11,14,18H,4,7,10,12H2,1H3. The maximum absolute atomic E-state index is 12.6. The van der Waals surface area contributed by atoms with Crippen molar-refractivity contribution in [1.29, 1.82) is 0 Å². The van der Waals surface area contributed by atoms with Crippen LogP contribution in [0, 0.1) is 0 Å². The molecule has 1 aromatic heterocycles. The van der Waals surface area contributed by atoms with Gasteiger partial charge < -0.3 is 15.0 Å². The van der Waals surface area contributed by atoms with E-state index in [2.05, 4.69) is 16.8 Å². The summed E-state index contributed by atoms with van der Waals surface area (Å²) < 4.78 is 5.30. The van der Waals surface area contributed by atoms with E-state index in [1.165, 1.54) is 4.88 Å². The van der Waals surface area contributed by atoms with Crippen LogP contribution in [0.25, 0.3) is 0 Å². The molecule has 2 heterocycles. The number of ether oxygens (including phenoxy) is 1. The van der Waals surface area contributed by atoms with E-state index in [1.54, 1.807) is 18.4 Å². The van der Waals surface area contributed by atoms with Crippen molar-refractivity contribution in [2.45, 2.75) is 18.9 Å². The highest BCUT2D eigenvalue weighted by Gasteiger charge is 2.30. The first-order valence-electron chi connectivity index (χ1n) is 7.49. The van der Waals surface area contributed by atoms with Gasteiger partial charge >= 0.3 is 0 Å². The fraction of sp³-hybridized carbons (Fsp3) is 0.353. The molecule has 1 saturated heterocycles. The van der Waals surface area contributed by atoms with Gasteiger partial charge in [0.05, 0.1) is 25.4 Å². The lowest BCUT2D eigenvalue weighted by molar-refractivity contribution is -0.130. The molecular formula is C17H20N2O2S. The fourth-order valence-electron chi connectivity index (χ4n) is 2.90. The Morgan fingerprint density at radius 3 is 3.00 bits per heavy atom. The molecule has 0 radical (unpaired) electrons. The summed E-state index contributed by atoms with van der Waals surface area (Å²) in [5.41, 5.74) is 0.852. The highest BCUT2D eigenvalue weighted by molar-refractivity contribution is 7.10. The lowest BCUT2D eigenvalue weighted by atomic mass is 10.2. The Hall–Kier alpha value is -2.01. The minimum atomic E-state index is 0.141. The topological polar surface area (TPSA) is 41.6 Å². The molecule has 1 aliphatic heterocycles. The van der Waals surface area contributed by atoms with E-state index in [0.29, 0.717) is 6.54 Å². The summed E-state index contributed by atoms with van der Waals surface area (Å²) in [6, 6.07) is 12.1. The number of methoxy groups -OCH3 is 1. The Kier molecular flexibility index (Phi) is 4.63. The summed E-state index contributed by atoms with van der Waals surface area (Å²) in [4.78, 5) is 15.8. The quantitative estimate of drug-likeness (QED) is 0.917. The van der Waals surface area contributed by atoms with Crippen LogP contribution < -0.4 is 10.1 Å². The monoisotopic (exact) mass is 316 g/mol. The van der Waals surface area contributed by atoms with Gasteiger partial charge in [-0.15, -0.1) is 11.3 Å². The fourth-order valence-corrected chi connectivity index (χ4v) is 3.78. The highest BCUT2D eigenvalue weighted by Crippen LogP contribution is 2.34. The summed E-state index contributed by atoms with van der Waals surface area (Å²) in [5.74, 6) is 0.897. The zero-order valence-electron chi connectivity index (χ0n) is 12.6. The molecule has 0 saturated carbocycles. The van der Waals surface area contributed by atoms with Crippen molar-refractivity contribution < 1.29 is 9.53 Å². The molecule has 4 nitrogen and oxygen atoms in total. The number of nitrogens with zero attached hydrogens (tertiary/aromatic N) is 1. The summed E-state index contributed by atoms with van der Waals surface area (Å²) in [6.45, 7) is 1.14. The Morgan fingerprint density at radius 1 is 1.36 bits per heavy atom. The number of anilines is 1. The first kappa shape index (κ1) is 14.9.